The zero-order valence-electron chi connectivity index (χ0n) is 16.8. The van der Waals surface area contributed by atoms with Gasteiger partial charge in [-0.1, -0.05) is 66.7 Å². The van der Waals surface area contributed by atoms with E-state index in [0.29, 0.717) is 12.5 Å². The predicted molar refractivity (Wildman–Crippen MR) is 122 cm³/mol. The fraction of sp³-hybridized carbons (Fsp3) is 0.160. The third kappa shape index (κ3) is 5.64. The van der Waals surface area contributed by atoms with E-state index in [1.54, 1.807) is 6.20 Å². The van der Waals surface area contributed by atoms with Gasteiger partial charge in [0.2, 0.25) is 5.95 Å². The average Bonchev–Trinajstić information content (AvgIpc) is 2.82. The minimum absolute atomic E-state index is 0.637. The van der Waals surface area contributed by atoms with Crippen molar-refractivity contribution < 1.29 is 0 Å². The fourth-order valence-electron chi connectivity index (χ4n) is 3.21. The lowest BCUT2D eigenvalue weighted by Crippen LogP contribution is -2.09. The van der Waals surface area contributed by atoms with Gasteiger partial charge < -0.3 is 10.6 Å². The highest BCUT2D eigenvalue weighted by atomic mass is 15.1. The molecular weight excluding hydrogens is 370 g/mol. The highest BCUT2D eigenvalue weighted by Gasteiger charge is 2.07. The highest BCUT2D eigenvalue weighted by molar-refractivity contribution is 5.64. The molecule has 30 heavy (non-hydrogen) atoms. The minimum atomic E-state index is 0.637. The molecule has 0 saturated heterocycles. The molecule has 2 heterocycles. The van der Waals surface area contributed by atoms with Crippen molar-refractivity contribution in [2.24, 2.45) is 0 Å². The van der Waals surface area contributed by atoms with Crippen LogP contribution in [0.15, 0.2) is 91.3 Å². The first-order valence-electron chi connectivity index (χ1n) is 10.2. The number of nitrogens with zero attached hydrogens (tertiary/aromatic N) is 3. The summed E-state index contributed by atoms with van der Waals surface area (Å²) in [6, 6.07) is 26.7. The maximum Gasteiger partial charge on any atom is 0.225 e. The standard InChI is InChI=1S/C25H25N5/c1-3-9-20(10-4-1)11-8-16-27-25-29-23(22-13-5-2-6-14-22)17-24(30-25)28-19-21-12-7-15-26-18-21/h1-7,9-10,12-15,17-18H,8,11,16,19H2,(H2,27,28,29,30). The van der Waals surface area contributed by atoms with Crippen molar-refractivity contribution in [2.75, 3.05) is 17.2 Å². The molecule has 0 aliphatic heterocycles. The summed E-state index contributed by atoms with van der Waals surface area (Å²) in [4.78, 5) is 13.6. The molecule has 0 amide bonds. The molecule has 2 aromatic heterocycles. The van der Waals surface area contributed by atoms with Gasteiger partial charge >= 0.3 is 0 Å². The van der Waals surface area contributed by atoms with Crippen LogP contribution in [0, 0.1) is 0 Å². The number of pyridine rings is 1. The van der Waals surface area contributed by atoms with Gasteiger partial charge in [-0.25, -0.2) is 4.98 Å². The van der Waals surface area contributed by atoms with E-state index >= 15 is 0 Å². The molecule has 0 fully saturated rings. The van der Waals surface area contributed by atoms with E-state index in [9.17, 15) is 0 Å². The lowest BCUT2D eigenvalue weighted by atomic mass is 10.1. The molecule has 0 radical (unpaired) electrons. The Bertz CT molecular complexity index is 1040. The van der Waals surface area contributed by atoms with E-state index in [1.165, 1.54) is 5.56 Å². The van der Waals surface area contributed by atoms with Crippen LogP contribution >= 0.6 is 0 Å². The van der Waals surface area contributed by atoms with Crippen LogP contribution in [0.3, 0.4) is 0 Å². The molecule has 4 aromatic rings. The minimum Gasteiger partial charge on any atom is -0.366 e. The number of nitrogens with one attached hydrogen (secondary N) is 2. The summed E-state index contributed by atoms with van der Waals surface area (Å²) >= 11 is 0. The second-order valence-electron chi connectivity index (χ2n) is 7.06. The average molecular weight is 396 g/mol. The van der Waals surface area contributed by atoms with Crippen molar-refractivity contribution >= 4 is 11.8 Å². The van der Waals surface area contributed by atoms with Gasteiger partial charge in [0.25, 0.3) is 0 Å². The molecule has 0 saturated carbocycles. The van der Waals surface area contributed by atoms with Crippen molar-refractivity contribution in [3.05, 3.63) is 102 Å². The molecule has 150 valence electrons. The molecule has 0 unspecified atom stereocenters. The monoisotopic (exact) mass is 395 g/mol. The zero-order valence-corrected chi connectivity index (χ0v) is 16.8. The quantitative estimate of drug-likeness (QED) is 0.382. The van der Waals surface area contributed by atoms with Crippen LogP contribution in [0.5, 0.6) is 0 Å². The van der Waals surface area contributed by atoms with Crippen molar-refractivity contribution in [2.45, 2.75) is 19.4 Å². The normalized spacial score (nSPS) is 10.5. The van der Waals surface area contributed by atoms with Crippen molar-refractivity contribution in [1.82, 2.24) is 15.0 Å². The maximum atomic E-state index is 4.73. The van der Waals surface area contributed by atoms with Crippen LogP contribution in [0.2, 0.25) is 0 Å². The van der Waals surface area contributed by atoms with Crippen LogP contribution in [0.1, 0.15) is 17.5 Å². The summed E-state index contributed by atoms with van der Waals surface area (Å²) in [5, 5.41) is 6.79. The number of hydrogen-bond acceptors (Lipinski definition) is 5. The Balaban J connectivity index is 1.45. The second kappa shape index (κ2) is 10.2. The molecule has 0 atom stereocenters. The second-order valence-corrected chi connectivity index (χ2v) is 7.06. The third-order valence-electron chi connectivity index (χ3n) is 4.76. The number of rotatable bonds is 9. The Morgan fingerprint density at radius 1 is 0.733 bits per heavy atom. The molecule has 5 nitrogen and oxygen atoms in total. The van der Waals surface area contributed by atoms with E-state index in [1.807, 2.05) is 48.7 Å². The SMILES string of the molecule is c1ccc(CCCNc2nc(NCc3cccnc3)cc(-c3ccccc3)n2)cc1. The first kappa shape index (κ1) is 19.6. The number of hydrogen-bond donors (Lipinski definition) is 2. The van der Waals surface area contributed by atoms with E-state index in [0.717, 1.165) is 42.0 Å². The fourth-order valence-corrected chi connectivity index (χ4v) is 3.21. The Hall–Kier alpha value is -3.73. The molecular formula is C25H25N5. The van der Waals surface area contributed by atoms with Gasteiger partial charge in [0.1, 0.15) is 5.82 Å². The molecule has 5 heteroatoms. The number of aryl methyl sites for hydroxylation is 1. The molecule has 4 rings (SSSR count). The summed E-state index contributed by atoms with van der Waals surface area (Å²) in [5.41, 5.74) is 4.41. The van der Waals surface area contributed by atoms with Crippen LogP contribution in [0.25, 0.3) is 11.3 Å². The Kier molecular flexibility index (Phi) is 6.63. The van der Waals surface area contributed by atoms with Gasteiger partial charge in [-0.05, 0) is 30.0 Å². The Morgan fingerprint density at radius 3 is 2.27 bits per heavy atom. The Morgan fingerprint density at radius 2 is 1.50 bits per heavy atom. The largest absolute Gasteiger partial charge is 0.366 e. The molecule has 2 aromatic carbocycles. The lowest BCUT2D eigenvalue weighted by molar-refractivity contribution is 0.853. The van der Waals surface area contributed by atoms with Crippen LogP contribution in [-0.2, 0) is 13.0 Å². The molecule has 2 N–H and O–H groups in total. The van der Waals surface area contributed by atoms with E-state index in [-0.39, 0.29) is 0 Å². The summed E-state index contributed by atoms with van der Waals surface area (Å²) in [7, 11) is 0. The third-order valence-corrected chi connectivity index (χ3v) is 4.76. The predicted octanol–water partition coefficient (Wildman–Crippen LogP) is 5.20. The topological polar surface area (TPSA) is 62.7 Å². The van der Waals surface area contributed by atoms with Crippen molar-refractivity contribution in [3.63, 3.8) is 0 Å². The van der Waals surface area contributed by atoms with Gasteiger partial charge in [-0.3, -0.25) is 4.98 Å². The van der Waals surface area contributed by atoms with Gasteiger partial charge in [0, 0.05) is 37.1 Å². The lowest BCUT2D eigenvalue weighted by Gasteiger charge is -2.12. The zero-order chi connectivity index (χ0) is 20.4. The van der Waals surface area contributed by atoms with Crippen LogP contribution < -0.4 is 10.6 Å². The first-order chi connectivity index (χ1) is 14.9. The van der Waals surface area contributed by atoms with Crippen LogP contribution in [0.4, 0.5) is 11.8 Å². The van der Waals surface area contributed by atoms with E-state index in [2.05, 4.69) is 57.0 Å². The molecule has 0 spiro atoms. The summed E-state index contributed by atoms with van der Waals surface area (Å²) in [6.07, 6.45) is 5.67. The number of benzene rings is 2. The smallest absolute Gasteiger partial charge is 0.225 e. The molecule has 0 aliphatic carbocycles. The first-order valence-corrected chi connectivity index (χ1v) is 10.2. The summed E-state index contributed by atoms with van der Waals surface area (Å²) < 4.78 is 0. The van der Waals surface area contributed by atoms with Gasteiger partial charge in [0.05, 0.1) is 5.69 Å². The van der Waals surface area contributed by atoms with Crippen LogP contribution in [-0.4, -0.2) is 21.5 Å². The number of aromatic nitrogens is 3. The maximum absolute atomic E-state index is 4.73. The Labute approximate surface area is 177 Å². The van der Waals surface area contributed by atoms with Crippen molar-refractivity contribution in [1.29, 1.82) is 0 Å². The van der Waals surface area contributed by atoms with Gasteiger partial charge in [0.15, 0.2) is 0 Å². The van der Waals surface area contributed by atoms with E-state index < -0.39 is 0 Å². The molecule has 0 bridgehead atoms. The van der Waals surface area contributed by atoms with E-state index in [4.69, 9.17) is 4.98 Å². The van der Waals surface area contributed by atoms with Crippen molar-refractivity contribution in [3.8, 4) is 11.3 Å². The highest BCUT2D eigenvalue weighted by Crippen LogP contribution is 2.21. The van der Waals surface area contributed by atoms with Gasteiger partial charge in [-0.15, -0.1) is 0 Å². The summed E-state index contributed by atoms with van der Waals surface area (Å²) in [5.74, 6) is 1.43. The number of anilines is 2. The summed E-state index contributed by atoms with van der Waals surface area (Å²) in [6.45, 7) is 1.47. The van der Waals surface area contributed by atoms with Gasteiger partial charge in [-0.2, -0.15) is 4.98 Å². The molecule has 0 aliphatic rings.